The molecule has 0 aliphatic rings. The number of thiol groups is 1. The Morgan fingerprint density at radius 3 is 2.83 bits per heavy atom. The second-order valence-corrected chi connectivity index (χ2v) is 3.14. The van der Waals surface area contributed by atoms with Crippen molar-refractivity contribution in [2.24, 2.45) is 5.92 Å². The van der Waals surface area contributed by atoms with Crippen molar-refractivity contribution < 1.29 is 0 Å². The van der Waals surface area contributed by atoms with E-state index in [1.165, 1.54) is 0 Å². The van der Waals surface area contributed by atoms with Gasteiger partial charge in [-0.05, 0) is 12.3 Å². The van der Waals surface area contributed by atoms with Crippen molar-refractivity contribution in [3.63, 3.8) is 0 Å². The van der Waals surface area contributed by atoms with Crippen LogP contribution >= 0.6 is 12.6 Å². The van der Waals surface area contributed by atoms with Crippen molar-refractivity contribution >= 4 is 12.6 Å². The van der Waals surface area contributed by atoms with Gasteiger partial charge in [0.1, 0.15) is 0 Å². The average Bonchev–Trinajstić information content (AvgIpc) is 2.11. The lowest BCUT2D eigenvalue weighted by molar-refractivity contribution is 0.597. The molecule has 1 unspecified atom stereocenters. The minimum atomic E-state index is 0.435. The summed E-state index contributed by atoms with van der Waals surface area (Å²) in [7, 11) is 0. The molecule has 0 rings (SSSR count). The SMILES string of the molecule is CCC(C)/C(=C/C#N)NCCS. The van der Waals surface area contributed by atoms with Crippen LogP contribution in [-0.4, -0.2) is 12.3 Å². The fourth-order valence-electron chi connectivity index (χ4n) is 0.857. The number of hydrogen-bond acceptors (Lipinski definition) is 3. The van der Waals surface area contributed by atoms with Crippen LogP contribution in [0.1, 0.15) is 20.3 Å². The molecule has 1 atom stereocenters. The summed E-state index contributed by atoms with van der Waals surface area (Å²) in [4.78, 5) is 0. The zero-order valence-corrected chi connectivity index (χ0v) is 8.56. The van der Waals surface area contributed by atoms with Crippen molar-refractivity contribution in [3.05, 3.63) is 11.8 Å². The van der Waals surface area contributed by atoms with E-state index in [2.05, 4.69) is 31.8 Å². The lowest BCUT2D eigenvalue weighted by Gasteiger charge is -2.14. The van der Waals surface area contributed by atoms with Crippen LogP contribution in [0.15, 0.2) is 11.8 Å². The summed E-state index contributed by atoms with van der Waals surface area (Å²) in [5, 5.41) is 11.7. The summed E-state index contributed by atoms with van der Waals surface area (Å²) in [6.45, 7) is 5.04. The standard InChI is InChI=1S/C9H16N2S/c1-3-8(2)9(4-5-10)11-6-7-12/h4,8,11-12H,3,6-7H2,1-2H3/b9-4-. The zero-order valence-electron chi connectivity index (χ0n) is 7.67. The van der Waals surface area contributed by atoms with E-state index in [-0.39, 0.29) is 0 Å². The Balaban J connectivity index is 4.06. The number of nitrogens with zero attached hydrogens (tertiary/aromatic N) is 1. The van der Waals surface area contributed by atoms with E-state index in [1.54, 1.807) is 6.08 Å². The summed E-state index contributed by atoms with van der Waals surface area (Å²) in [5.74, 6) is 1.23. The van der Waals surface area contributed by atoms with E-state index in [0.717, 1.165) is 24.4 Å². The van der Waals surface area contributed by atoms with Gasteiger partial charge >= 0.3 is 0 Å². The molecule has 0 amide bonds. The van der Waals surface area contributed by atoms with Crippen LogP contribution in [0, 0.1) is 17.2 Å². The molecule has 0 fully saturated rings. The maximum absolute atomic E-state index is 8.49. The fourth-order valence-corrected chi connectivity index (χ4v) is 0.969. The van der Waals surface area contributed by atoms with Crippen LogP contribution in [0.25, 0.3) is 0 Å². The Kier molecular flexibility index (Phi) is 6.69. The number of nitriles is 1. The van der Waals surface area contributed by atoms with E-state index in [0.29, 0.717) is 5.92 Å². The van der Waals surface area contributed by atoms with Crippen LogP contribution in [-0.2, 0) is 0 Å². The largest absolute Gasteiger partial charge is 0.387 e. The molecule has 2 nitrogen and oxygen atoms in total. The molecule has 0 aliphatic heterocycles. The van der Waals surface area contributed by atoms with Gasteiger partial charge in [-0.3, -0.25) is 0 Å². The molecule has 3 heteroatoms. The maximum atomic E-state index is 8.49. The molecule has 0 aromatic carbocycles. The molecule has 1 N–H and O–H groups in total. The molecule has 0 spiro atoms. The minimum absolute atomic E-state index is 0.435. The maximum Gasteiger partial charge on any atom is 0.0930 e. The fraction of sp³-hybridized carbons (Fsp3) is 0.667. The van der Waals surface area contributed by atoms with E-state index in [1.807, 2.05) is 6.07 Å². The van der Waals surface area contributed by atoms with Crippen molar-refractivity contribution in [2.75, 3.05) is 12.3 Å². The van der Waals surface area contributed by atoms with Crippen LogP contribution in [0.4, 0.5) is 0 Å². The molecule has 68 valence electrons. The van der Waals surface area contributed by atoms with Gasteiger partial charge in [-0.1, -0.05) is 13.8 Å². The van der Waals surface area contributed by atoms with Gasteiger partial charge in [0.05, 0.1) is 6.07 Å². The molecule has 0 aliphatic carbocycles. The summed E-state index contributed by atoms with van der Waals surface area (Å²) in [6.07, 6.45) is 2.63. The molecule has 0 aromatic heterocycles. The lowest BCUT2D eigenvalue weighted by Crippen LogP contribution is -2.20. The Morgan fingerprint density at radius 2 is 2.42 bits per heavy atom. The van der Waals surface area contributed by atoms with E-state index >= 15 is 0 Å². The minimum Gasteiger partial charge on any atom is -0.387 e. The summed E-state index contributed by atoms with van der Waals surface area (Å²) < 4.78 is 0. The van der Waals surface area contributed by atoms with Gasteiger partial charge in [0.2, 0.25) is 0 Å². The van der Waals surface area contributed by atoms with Gasteiger partial charge in [-0.15, -0.1) is 0 Å². The quantitative estimate of drug-likeness (QED) is 0.506. The smallest absolute Gasteiger partial charge is 0.0930 e. The number of nitrogens with one attached hydrogen (secondary N) is 1. The van der Waals surface area contributed by atoms with Crippen LogP contribution in [0.3, 0.4) is 0 Å². The third-order valence-corrected chi connectivity index (χ3v) is 2.03. The molecule has 0 aromatic rings. The number of hydrogen-bond donors (Lipinski definition) is 2. The predicted molar refractivity (Wildman–Crippen MR) is 55.0 cm³/mol. The van der Waals surface area contributed by atoms with Gasteiger partial charge in [0.15, 0.2) is 0 Å². The second-order valence-electron chi connectivity index (χ2n) is 2.69. The summed E-state index contributed by atoms with van der Waals surface area (Å²) in [5.41, 5.74) is 1.02. The molecule has 0 saturated carbocycles. The van der Waals surface area contributed by atoms with Crippen molar-refractivity contribution in [2.45, 2.75) is 20.3 Å². The molecule has 0 bridgehead atoms. The van der Waals surface area contributed by atoms with Crippen LogP contribution in [0.5, 0.6) is 0 Å². The van der Waals surface area contributed by atoms with Gasteiger partial charge in [-0.2, -0.15) is 17.9 Å². The van der Waals surface area contributed by atoms with Crippen molar-refractivity contribution in [1.82, 2.24) is 5.32 Å². The highest BCUT2D eigenvalue weighted by molar-refractivity contribution is 7.80. The first-order valence-corrected chi connectivity index (χ1v) is 4.83. The second kappa shape index (κ2) is 7.05. The third-order valence-electron chi connectivity index (χ3n) is 1.80. The average molecular weight is 184 g/mol. The topological polar surface area (TPSA) is 35.8 Å². The molecule has 0 radical (unpaired) electrons. The van der Waals surface area contributed by atoms with Crippen molar-refractivity contribution in [3.8, 4) is 6.07 Å². The van der Waals surface area contributed by atoms with E-state index in [9.17, 15) is 0 Å². The molecular formula is C9H16N2S. The normalized spacial score (nSPS) is 13.7. The first-order valence-electron chi connectivity index (χ1n) is 4.20. The predicted octanol–water partition coefficient (Wildman–Crippen LogP) is 1.96. The third kappa shape index (κ3) is 4.30. The van der Waals surface area contributed by atoms with Gasteiger partial charge in [-0.25, -0.2) is 0 Å². The summed E-state index contributed by atoms with van der Waals surface area (Å²) >= 11 is 4.09. The van der Waals surface area contributed by atoms with Gasteiger partial charge < -0.3 is 5.32 Å². The molecule has 0 saturated heterocycles. The van der Waals surface area contributed by atoms with Crippen LogP contribution < -0.4 is 5.32 Å². The first-order chi connectivity index (χ1) is 5.76. The highest BCUT2D eigenvalue weighted by Crippen LogP contribution is 2.10. The highest BCUT2D eigenvalue weighted by atomic mass is 32.1. The Morgan fingerprint density at radius 1 is 1.75 bits per heavy atom. The van der Waals surface area contributed by atoms with Crippen molar-refractivity contribution in [1.29, 1.82) is 5.26 Å². The lowest BCUT2D eigenvalue weighted by atomic mass is 10.0. The van der Waals surface area contributed by atoms with Crippen LogP contribution in [0.2, 0.25) is 0 Å². The molecule has 0 heterocycles. The highest BCUT2D eigenvalue weighted by Gasteiger charge is 2.04. The Bertz CT molecular complexity index is 181. The van der Waals surface area contributed by atoms with Gasteiger partial charge in [0, 0.05) is 24.1 Å². The Hall–Kier alpha value is -0.620. The molecule has 12 heavy (non-hydrogen) atoms. The van der Waals surface area contributed by atoms with E-state index in [4.69, 9.17) is 5.26 Å². The number of allylic oxidation sites excluding steroid dienone is 2. The van der Waals surface area contributed by atoms with Gasteiger partial charge in [0.25, 0.3) is 0 Å². The zero-order chi connectivity index (χ0) is 9.40. The monoisotopic (exact) mass is 184 g/mol. The van der Waals surface area contributed by atoms with E-state index < -0.39 is 0 Å². The Labute approximate surface area is 80.1 Å². The summed E-state index contributed by atoms with van der Waals surface area (Å²) in [6, 6.07) is 2.04. The molecular weight excluding hydrogens is 168 g/mol. The first kappa shape index (κ1) is 11.4. The number of rotatable bonds is 5.